The molecule has 6 nitrogen and oxygen atoms in total. The molecule has 0 bridgehead atoms. The van der Waals surface area contributed by atoms with E-state index < -0.39 is 0 Å². The molecule has 0 atom stereocenters. The number of nitrogens with zero attached hydrogens (tertiary/aromatic N) is 5. The highest BCUT2D eigenvalue weighted by Gasteiger charge is 2.20. The van der Waals surface area contributed by atoms with Crippen LogP contribution in [0, 0.1) is 13.8 Å². The maximum absolute atomic E-state index is 9.59. The Morgan fingerprint density at radius 1 is 1.19 bits per heavy atom. The Morgan fingerprint density at radius 3 is 2.52 bits per heavy atom. The molecule has 1 N–H and O–H groups in total. The van der Waals surface area contributed by atoms with Crippen LogP contribution in [0.15, 0.2) is 18.2 Å². The molecule has 2 aromatic rings. The summed E-state index contributed by atoms with van der Waals surface area (Å²) in [6.07, 6.45) is 1.49. The second-order valence-electron chi connectivity index (χ2n) is 5.75. The van der Waals surface area contributed by atoms with Crippen molar-refractivity contribution in [1.29, 1.82) is 0 Å². The summed E-state index contributed by atoms with van der Waals surface area (Å²) in [6.45, 7) is 6.64. The van der Waals surface area contributed by atoms with Crippen molar-refractivity contribution >= 4 is 0 Å². The first-order valence-corrected chi connectivity index (χ1v) is 7.39. The van der Waals surface area contributed by atoms with Crippen molar-refractivity contribution < 1.29 is 5.11 Å². The molecule has 0 unspecified atom stereocenters. The van der Waals surface area contributed by atoms with Gasteiger partial charge in [0, 0.05) is 13.1 Å². The zero-order valence-corrected chi connectivity index (χ0v) is 12.5. The first-order chi connectivity index (χ1) is 10.1. The number of para-hydroxylation sites is 1. The van der Waals surface area contributed by atoms with Crippen molar-refractivity contribution in [3.05, 3.63) is 35.2 Å². The number of hydrogen-bond acceptors (Lipinski definition) is 5. The summed E-state index contributed by atoms with van der Waals surface area (Å²) in [7, 11) is 0. The number of benzene rings is 1. The summed E-state index contributed by atoms with van der Waals surface area (Å²) < 4.78 is 1.84. The molecular weight excluding hydrogens is 266 g/mol. The molecule has 1 aliphatic heterocycles. The van der Waals surface area contributed by atoms with Crippen molar-refractivity contribution in [2.45, 2.75) is 39.3 Å². The lowest BCUT2D eigenvalue weighted by Gasteiger charge is -2.28. The Morgan fingerprint density at radius 2 is 1.86 bits per heavy atom. The van der Waals surface area contributed by atoms with Gasteiger partial charge in [0.15, 0.2) is 5.82 Å². The predicted molar refractivity (Wildman–Crippen MR) is 79.1 cm³/mol. The molecule has 1 fully saturated rings. The van der Waals surface area contributed by atoms with Crippen LogP contribution in [0.3, 0.4) is 0 Å². The minimum Gasteiger partial charge on any atom is -0.393 e. The number of likely N-dealkylation sites (tertiary alicyclic amines) is 1. The lowest BCUT2D eigenvalue weighted by atomic mass is 10.1. The van der Waals surface area contributed by atoms with Crippen molar-refractivity contribution in [2.75, 3.05) is 13.1 Å². The number of aryl methyl sites for hydroxylation is 2. The standard InChI is InChI=1S/C15H21N5O/c1-11-4-3-5-12(2)15(11)20-14(16-17-18-20)10-19-8-6-13(21)7-9-19/h3-5,13,21H,6-10H2,1-2H3. The second kappa shape index (κ2) is 5.91. The highest BCUT2D eigenvalue weighted by atomic mass is 16.3. The normalized spacial score (nSPS) is 17.3. The highest BCUT2D eigenvalue weighted by molar-refractivity contribution is 5.46. The van der Waals surface area contributed by atoms with E-state index in [4.69, 9.17) is 0 Å². The Labute approximate surface area is 124 Å². The van der Waals surface area contributed by atoms with Crippen molar-refractivity contribution in [1.82, 2.24) is 25.1 Å². The zero-order valence-electron chi connectivity index (χ0n) is 12.5. The first-order valence-electron chi connectivity index (χ1n) is 7.39. The third-order valence-electron chi connectivity index (χ3n) is 4.11. The van der Waals surface area contributed by atoms with Gasteiger partial charge in [-0.1, -0.05) is 18.2 Å². The van der Waals surface area contributed by atoms with Crippen molar-refractivity contribution in [3.63, 3.8) is 0 Å². The van der Waals surface area contributed by atoms with Gasteiger partial charge in [-0.05, 0) is 48.2 Å². The Balaban J connectivity index is 1.84. The lowest BCUT2D eigenvalue weighted by molar-refractivity contribution is 0.0777. The van der Waals surface area contributed by atoms with E-state index in [2.05, 4.69) is 46.4 Å². The van der Waals surface area contributed by atoms with E-state index in [1.165, 1.54) is 0 Å². The van der Waals surface area contributed by atoms with Gasteiger partial charge in [0.05, 0.1) is 18.3 Å². The molecule has 21 heavy (non-hydrogen) atoms. The van der Waals surface area contributed by atoms with E-state index in [0.717, 1.165) is 48.6 Å². The third kappa shape index (κ3) is 2.96. The van der Waals surface area contributed by atoms with E-state index >= 15 is 0 Å². The molecular formula is C15H21N5O. The minimum atomic E-state index is -0.157. The molecule has 0 aliphatic carbocycles. The zero-order chi connectivity index (χ0) is 14.8. The molecule has 0 saturated carbocycles. The van der Waals surface area contributed by atoms with Gasteiger partial charge in [-0.2, -0.15) is 4.68 Å². The minimum absolute atomic E-state index is 0.157. The molecule has 0 radical (unpaired) electrons. The molecule has 3 rings (SSSR count). The quantitative estimate of drug-likeness (QED) is 0.920. The maximum Gasteiger partial charge on any atom is 0.170 e. The van der Waals surface area contributed by atoms with Crippen LogP contribution in [0.4, 0.5) is 0 Å². The monoisotopic (exact) mass is 287 g/mol. The van der Waals surface area contributed by atoms with Crippen LogP contribution < -0.4 is 0 Å². The average molecular weight is 287 g/mol. The van der Waals surface area contributed by atoms with Gasteiger partial charge < -0.3 is 5.11 Å². The summed E-state index contributed by atoms with van der Waals surface area (Å²) in [5.41, 5.74) is 3.39. The predicted octanol–water partition coefficient (Wildman–Crippen LogP) is 1.24. The Kier molecular flexibility index (Phi) is 3.98. The number of piperidine rings is 1. The summed E-state index contributed by atoms with van der Waals surface area (Å²) in [5.74, 6) is 0.851. The van der Waals surface area contributed by atoms with Crippen LogP contribution in [0.2, 0.25) is 0 Å². The van der Waals surface area contributed by atoms with Gasteiger partial charge in [-0.25, -0.2) is 0 Å². The van der Waals surface area contributed by atoms with Gasteiger partial charge in [-0.15, -0.1) is 5.10 Å². The second-order valence-corrected chi connectivity index (χ2v) is 5.75. The van der Waals surface area contributed by atoms with Crippen LogP contribution >= 0.6 is 0 Å². The molecule has 112 valence electrons. The van der Waals surface area contributed by atoms with Crippen molar-refractivity contribution in [3.8, 4) is 5.69 Å². The maximum atomic E-state index is 9.59. The highest BCUT2D eigenvalue weighted by Crippen LogP contribution is 2.20. The fraction of sp³-hybridized carbons (Fsp3) is 0.533. The summed E-state index contributed by atoms with van der Waals surface area (Å²) in [4.78, 5) is 2.29. The Bertz CT molecular complexity index is 596. The largest absolute Gasteiger partial charge is 0.393 e. The van der Waals surface area contributed by atoms with E-state index in [1.54, 1.807) is 0 Å². The molecule has 0 spiro atoms. The topological polar surface area (TPSA) is 67.1 Å². The van der Waals surface area contributed by atoms with Gasteiger partial charge in [0.2, 0.25) is 0 Å². The van der Waals surface area contributed by atoms with Crippen LogP contribution in [0.25, 0.3) is 5.69 Å². The SMILES string of the molecule is Cc1cccc(C)c1-n1nnnc1CN1CCC(O)CC1. The lowest BCUT2D eigenvalue weighted by Crippen LogP contribution is -2.36. The van der Waals surface area contributed by atoms with E-state index in [1.807, 2.05) is 10.7 Å². The molecule has 0 amide bonds. The summed E-state index contributed by atoms with van der Waals surface area (Å²) in [6, 6.07) is 6.19. The molecule has 2 heterocycles. The summed E-state index contributed by atoms with van der Waals surface area (Å²) >= 11 is 0. The molecule has 1 saturated heterocycles. The van der Waals surface area contributed by atoms with E-state index in [0.29, 0.717) is 6.54 Å². The van der Waals surface area contributed by atoms with Crippen LogP contribution in [0.5, 0.6) is 0 Å². The van der Waals surface area contributed by atoms with Crippen LogP contribution in [-0.4, -0.2) is 49.4 Å². The van der Waals surface area contributed by atoms with Gasteiger partial charge in [-0.3, -0.25) is 4.90 Å². The average Bonchev–Trinajstić information content (AvgIpc) is 2.89. The number of rotatable bonds is 3. The molecule has 6 heteroatoms. The third-order valence-corrected chi connectivity index (χ3v) is 4.11. The molecule has 1 aromatic carbocycles. The van der Waals surface area contributed by atoms with Crippen molar-refractivity contribution in [2.24, 2.45) is 0 Å². The molecule has 1 aliphatic rings. The van der Waals surface area contributed by atoms with Gasteiger partial charge in [0.25, 0.3) is 0 Å². The smallest absolute Gasteiger partial charge is 0.170 e. The Hall–Kier alpha value is -1.79. The van der Waals surface area contributed by atoms with Gasteiger partial charge >= 0.3 is 0 Å². The fourth-order valence-electron chi connectivity index (χ4n) is 2.90. The van der Waals surface area contributed by atoms with E-state index in [9.17, 15) is 5.11 Å². The number of hydrogen-bond donors (Lipinski definition) is 1. The van der Waals surface area contributed by atoms with Gasteiger partial charge in [0.1, 0.15) is 0 Å². The number of aromatic nitrogens is 4. The molecule has 1 aromatic heterocycles. The van der Waals surface area contributed by atoms with E-state index in [-0.39, 0.29) is 6.10 Å². The number of tetrazole rings is 1. The number of aliphatic hydroxyl groups is 1. The fourth-order valence-corrected chi connectivity index (χ4v) is 2.90. The van der Waals surface area contributed by atoms with Crippen LogP contribution in [0.1, 0.15) is 29.8 Å². The first kappa shape index (κ1) is 14.2. The summed E-state index contributed by atoms with van der Waals surface area (Å²) in [5, 5.41) is 21.8. The number of aliphatic hydroxyl groups excluding tert-OH is 1. The van der Waals surface area contributed by atoms with Crippen LogP contribution in [-0.2, 0) is 6.54 Å².